The van der Waals surface area contributed by atoms with Gasteiger partial charge in [0.25, 0.3) is 0 Å². The van der Waals surface area contributed by atoms with Crippen molar-refractivity contribution in [3.8, 4) is 6.07 Å². The summed E-state index contributed by atoms with van der Waals surface area (Å²) in [5.74, 6) is 0. The lowest BCUT2D eigenvalue weighted by atomic mass is 10.00. The number of nitriles is 1. The van der Waals surface area contributed by atoms with E-state index in [9.17, 15) is 0 Å². The quantitative estimate of drug-likeness (QED) is 0.732. The highest BCUT2D eigenvalue weighted by molar-refractivity contribution is 8.00. The van der Waals surface area contributed by atoms with Crippen LogP contribution in [-0.2, 0) is 0 Å². The predicted molar refractivity (Wildman–Crippen MR) is 55.0 cm³/mol. The van der Waals surface area contributed by atoms with E-state index in [0.717, 1.165) is 6.42 Å². The number of nitrogens with zero attached hydrogens (tertiary/aromatic N) is 1. The normalized spacial score (nSPS) is 18.4. The van der Waals surface area contributed by atoms with Crippen LogP contribution in [0.3, 0.4) is 0 Å². The van der Waals surface area contributed by atoms with Gasteiger partial charge in [-0.1, -0.05) is 20.8 Å². The molecule has 3 heteroatoms. The van der Waals surface area contributed by atoms with Crippen LogP contribution in [0.1, 0.15) is 34.1 Å². The maximum absolute atomic E-state index is 8.69. The van der Waals surface area contributed by atoms with E-state index in [1.165, 1.54) is 0 Å². The molecule has 0 rings (SSSR count). The second-order valence-electron chi connectivity index (χ2n) is 3.73. The van der Waals surface area contributed by atoms with Crippen LogP contribution in [0.2, 0.25) is 0 Å². The van der Waals surface area contributed by atoms with E-state index >= 15 is 0 Å². The molecule has 0 bridgehead atoms. The monoisotopic (exact) mass is 186 g/mol. The molecule has 2 unspecified atom stereocenters. The van der Waals surface area contributed by atoms with Gasteiger partial charge in [0.15, 0.2) is 0 Å². The Hall–Kier alpha value is -0.200. The molecule has 0 aliphatic heterocycles. The van der Waals surface area contributed by atoms with Crippen LogP contribution in [0.4, 0.5) is 0 Å². The number of nitrogens with two attached hydrogens (primary N) is 1. The SMILES string of the molecule is CC(C)SC(C)CC(C)(N)C#N. The molecule has 0 amide bonds. The predicted octanol–water partition coefficient (Wildman–Crippen LogP) is 2.15. The Bertz CT molecular complexity index is 170. The smallest absolute Gasteiger partial charge is 0.102 e. The number of thioether (sulfide) groups is 1. The fraction of sp³-hybridized carbons (Fsp3) is 0.889. The molecular formula is C9H18N2S. The van der Waals surface area contributed by atoms with Gasteiger partial charge in [-0.15, -0.1) is 0 Å². The second-order valence-corrected chi connectivity index (χ2v) is 5.75. The van der Waals surface area contributed by atoms with Gasteiger partial charge in [0, 0.05) is 5.25 Å². The molecule has 0 aliphatic rings. The number of rotatable bonds is 4. The second kappa shape index (κ2) is 4.74. The molecule has 0 heterocycles. The molecular weight excluding hydrogens is 168 g/mol. The molecule has 0 aromatic rings. The van der Waals surface area contributed by atoms with Gasteiger partial charge < -0.3 is 5.73 Å². The Morgan fingerprint density at radius 1 is 1.50 bits per heavy atom. The van der Waals surface area contributed by atoms with E-state index < -0.39 is 5.54 Å². The summed E-state index contributed by atoms with van der Waals surface area (Å²) >= 11 is 1.87. The molecule has 0 aliphatic carbocycles. The van der Waals surface area contributed by atoms with Gasteiger partial charge in [-0.3, -0.25) is 0 Å². The minimum atomic E-state index is -0.665. The molecule has 0 aromatic carbocycles. The summed E-state index contributed by atoms with van der Waals surface area (Å²) in [6.07, 6.45) is 0.756. The van der Waals surface area contributed by atoms with Crippen LogP contribution < -0.4 is 5.73 Å². The summed E-state index contributed by atoms with van der Waals surface area (Å²) in [5.41, 5.74) is 5.05. The van der Waals surface area contributed by atoms with E-state index in [-0.39, 0.29) is 0 Å². The van der Waals surface area contributed by atoms with E-state index in [0.29, 0.717) is 10.5 Å². The Kier molecular flexibility index (Phi) is 4.66. The zero-order valence-corrected chi connectivity index (χ0v) is 9.11. The van der Waals surface area contributed by atoms with Crippen molar-refractivity contribution in [2.45, 2.75) is 50.2 Å². The summed E-state index contributed by atoms with van der Waals surface area (Å²) in [6, 6.07) is 2.11. The minimum Gasteiger partial charge on any atom is -0.314 e. The van der Waals surface area contributed by atoms with Gasteiger partial charge in [0.1, 0.15) is 5.54 Å². The average molecular weight is 186 g/mol. The van der Waals surface area contributed by atoms with Crippen LogP contribution in [0.15, 0.2) is 0 Å². The Morgan fingerprint density at radius 3 is 2.33 bits per heavy atom. The maximum Gasteiger partial charge on any atom is 0.102 e. The molecule has 0 fully saturated rings. The Morgan fingerprint density at radius 2 is 2.00 bits per heavy atom. The summed E-state index contributed by atoms with van der Waals surface area (Å²) in [4.78, 5) is 0. The van der Waals surface area contributed by atoms with Crippen LogP contribution in [0.5, 0.6) is 0 Å². The highest BCUT2D eigenvalue weighted by Crippen LogP contribution is 2.23. The summed E-state index contributed by atoms with van der Waals surface area (Å²) < 4.78 is 0. The summed E-state index contributed by atoms with van der Waals surface area (Å²) in [7, 11) is 0. The first-order chi connectivity index (χ1) is 5.37. The molecule has 0 radical (unpaired) electrons. The molecule has 0 aromatic heterocycles. The van der Waals surface area contributed by atoms with Gasteiger partial charge in [-0.05, 0) is 18.6 Å². The van der Waals surface area contributed by atoms with Crippen LogP contribution in [0.25, 0.3) is 0 Å². The lowest BCUT2D eigenvalue weighted by Crippen LogP contribution is -2.36. The van der Waals surface area contributed by atoms with Crippen molar-refractivity contribution >= 4 is 11.8 Å². The van der Waals surface area contributed by atoms with Crippen molar-refractivity contribution in [3.63, 3.8) is 0 Å². The Labute approximate surface area is 79.5 Å². The largest absolute Gasteiger partial charge is 0.314 e. The van der Waals surface area contributed by atoms with Gasteiger partial charge in [0.05, 0.1) is 6.07 Å². The molecule has 2 nitrogen and oxygen atoms in total. The van der Waals surface area contributed by atoms with E-state index in [4.69, 9.17) is 11.0 Å². The first-order valence-corrected chi connectivity index (χ1v) is 5.17. The van der Waals surface area contributed by atoms with Gasteiger partial charge >= 0.3 is 0 Å². The standard InChI is InChI=1S/C9H18N2S/c1-7(2)12-8(3)5-9(4,11)6-10/h7-8H,5,11H2,1-4H3. The molecule has 0 saturated heterocycles. The van der Waals surface area contributed by atoms with E-state index in [1.807, 2.05) is 11.8 Å². The first kappa shape index (κ1) is 11.8. The topological polar surface area (TPSA) is 49.8 Å². The van der Waals surface area contributed by atoms with Crippen molar-refractivity contribution in [2.24, 2.45) is 5.73 Å². The van der Waals surface area contributed by atoms with E-state index in [2.05, 4.69) is 26.8 Å². The molecule has 0 spiro atoms. The third-order valence-corrected chi connectivity index (χ3v) is 2.65. The van der Waals surface area contributed by atoms with Crippen LogP contribution >= 0.6 is 11.8 Å². The molecule has 70 valence electrons. The summed E-state index contributed by atoms with van der Waals surface area (Å²) in [6.45, 7) is 8.21. The molecule has 2 N–H and O–H groups in total. The molecule has 2 atom stereocenters. The minimum absolute atomic E-state index is 0.458. The summed E-state index contributed by atoms with van der Waals surface area (Å²) in [5, 5.41) is 9.76. The third kappa shape index (κ3) is 5.45. The van der Waals surface area contributed by atoms with Crippen molar-refractivity contribution in [2.75, 3.05) is 0 Å². The van der Waals surface area contributed by atoms with Gasteiger partial charge in [-0.25, -0.2) is 0 Å². The first-order valence-electron chi connectivity index (χ1n) is 4.23. The van der Waals surface area contributed by atoms with Gasteiger partial charge in [-0.2, -0.15) is 17.0 Å². The maximum atomic E-state index is 8.69. The van der Waals surface area contributed by atoms with E-state index in [1.54, 1.807) is 6.92 Å². The highest BCUT2D eigenvalue weighted by Gasteiger charge is 2.21. The zero-order chi connectivity index (χ0) is 9.78. The number of hydrogen-bond acceptors (Lipinski definition) is 3. The third-order valence-electron chi connectivity index (χ3n) is 1.47. The van der Waals surface area contributed by atoms with Crippen LogP contribution in [-0.4, -0.2) is 16.0 Å². The lowest BCUT2D eigenvalue weighted by Gasteiger charge is -2.21. The van der Waals surface area contributed by atoms with Crippen molar-refractivity contribution in [1.82, 2.24) is 0 Å². The fourth-order valence-electron chi connectivity index (χ4n) is 1.16. The van der Waals surface area contributed by atoms with Crippen molar-refractivity contribution in [1.29, 1.82) is 5.26 Å². The van der Waals surface area contributed by atoms with Crippen molar-refractivity contribution < 1.29 is 0 Å². The average Bonchev–Trinajstić information content (AvgIpc) is 1.84. The fourth-order valence-corrected chi connectivity index (χ4v) is 2.53. The highest BCUT2D eigenvalue weighted by atomic mass is 32.2. The lowest BCUT2D eigenvalue weighted by molar-refractivity contribution is 0.545. The molecule has 0 saturated carbocycles. The zero-order valence-electron chi connectivity index (χ0n) is 8.29. The van der Waals surface area contributed by atoms with Gasteiger partial charge in [0.2, 0.25) is 0 Å². The van der Waals surface area contributed by atoms with Crippen molar-refractivity contribution in [3.05, 3.63) is 0 Å². The van der Waals surface area contributed by atoms with Crippen LogP contribution in [0, 0.1) is 11.3 Å². The molecule has 12 heavy (non-hydrogen) atoms. The Balaban J connectivity index is 3.86. The number of hydrogen-bond donors (Lipinski definition) is 1.